The number of allylic oxidation sites excluding steroid dienone is 1. The van der Waals surface area contributed by atoms with Gasteiger partial charge in [0.1, 0.15) is 0 Å². The van der Waals surface area contributed by atoms with E-state index in [1.807, 2.05) is 23.3 Å². The molecule has 1 N–H and O–H groups in total. The van der Waals surface area contributed by atoms with Crippen LogP contribution < -0.4 is 0 Å². The van der Waals surface area contributed by atoms with Crippen molar-refractivity contribution in [3.8, 4) is 0 Å². The molecule has 27 heavy (non-hydrogen) atoms. The Hall–Kier alpha value is -2.11. The normalized spacial score (nSPS) is 11.7. The molecule has 0 heterocycles. The number of thioether (sulfide) groups is 1. The highest BCUT2D eigenvalue weighted by Crippen LogP contribution is 2.20. The van der Waals surface area contributed by atoms with Crippen molar-refractivity contribution in [3.05, 3.63) is 66.8 Å². The predicted octanol–water partition coefficient (Wildman–Crippen LogP) is 5.06. The molecular weight excluding hydrogens is 356 g/mol. The minimum atomic E-state index is -0.870. The van der Waals surface area contributed by atoms with Crippen LogP contribution in [0.25, 0.3) is 5.70 Å². The Morgan fingerprint density at radius 1 is 1.22 bits per heavy atom. The van der Waals surface area contributed by atoms with Crippen LogP contribution >= 0.6 is 11.8 Å². The summed E-state index contributed by atoms with van der Waals surface area (Å²) in [5, 5.41) is 10.0. The van der Waals surface area contributed by atoms with Crippen molar-refractivity contribution in [3.63, 3.8) is 0 Å². The van der Waals surface area contributed by atoms with Gasteiger partial charge in [0, 0.05) is 13.1 Å². The summed E-state index contributed by atoms with van der Waals surface area (Å²) in [6.45, 7) is 16.9. The number of aliphatic carboxylic acids is 1. The summed E-state index contributed by atoms with van der Waals surface area (Å²) in [4.78, 5) is 17.7. The van der Waals surface area contributed by atoms with Gasteiger partial charge in [0.25, 0.3) is 0 Å². The van der Waals surface area contributed by atoms with Gasteiger partial charge in [0.15, 0.2) is 0 Å². The molecule has 0 amide bonds. The summed E-state index contributed by atoms with van der Waals surface area (Å²) in [5.74, 6) is -0.393. The van der Waals surface area contributed by atoms with Crippen molar-refractivity contribution < 1.29 is 9.90 Å². The van der Waals surface area contributed by atoms with Gasteiger partial charge >= 0.3 is 5.97 Å². The molecule has 5 heteroatoms. The van der Waals surface area contributed by atoms with Crippen molar-refractivity contribution in [2.24, 2.45) is 4.99 Å². The van der Waals surface area contributed by atoms with Crippen LogP contribution in [0.5, 0.6) is 0 Å². The lowest BCUT2D eigenvalue weighted by Crippen LogP contribution is -2.35. The Morgan fingerprint density at radius 3 is 2.33 bits per heavy atom. The smallest absolute Gasteiger partial charge is 0.317 e. The second-order valence-corrected chi connectivity index (χ2v) is 7.59. The molecule has 0 radical (unpaired) electrons. The Bertz CT molecular complexity index is 706. The first-order chi connectivity index (χ1) is 12.8. The summed E-state index contributed by atoms with van der Waals surface area (Å²) >= 11 is 1.50. The molecule has 0 fully saturated rings. The van der Waals surface area contributed by atoms with Gasteiger partial charge in [-0.2, -0.15) is 0 Å². The van der Waals surface area contributed by atoms with E-state index in [-0.39, 0.29) is 6.54 Å². The minimum Gasteiger partial charge on any atom is -0.480 e. The fourth-order valence-electron chi connectivity index (χ4n) is 2.56. The van der Waals surface area contributed by atoms with E-state index in [9.17, 15) is 9.90 Å². The van der Waals surface area contributed by atoms with Gasteiger partial charge < -0.3 is 5.11 Å². The molecule has 0 aromatic heterocycles. The molecule has 4 nitrogen and oxygen atoms in total. The molecule has 146 valence electrons. The molecule has 0 unspecified atom stereocenters. The van der Waals surface area contributed by atoms with E-state index in [2.05, 4.69) is 50.7 Å². The largest absolute Gasteiger partial charge is 0.480 e. The Morgan fingerprint density at radius 2 is 1.85 bits per heavy atom. The Labute approximate surface area is 167 Å². The van der Waals surface area contributed by atoms with E-state index in [1.54, 1.807) is 6.08 Å². The van der Waals surface area contributed by atoms with Gasteiger partial charge in [-0.05, 0) is 29.7 Å². The van der Waals surface area contributed by atoms with Crippen LogP contribution in [0, 0.1) is 0 Å². The van der Waals surface area contributed by atoms with Crippen LogP contribution in [-0.2, 0) is 4.79 Å². The standard InChI is InChI=1S/C22H30N2O2S/c1-7-8-17(4)13-24(15-22(25)26)14-21(27-6)23-18(5)20-11-9-19(10-12-20)16(2)3/h7,9-12,16H,1,4-5,8,13-15H2,2-3,6H3,(H,25,26). The number of nitrogens with zero attached hydrogens (tertiary/aromatic N) is 2. The zero-order chi connectivity index (χ0) is 20.4. The van der Waals surface area contributed by atoms with Crippen LogP contribution in [-0.4, -0.2) is 46.9 Å². The van der Waals surface area contributed by atoms with Crippen LogP contribution in [0.2, 0.25) is 0 Å². The van der Waals surface area contributed by atoms with E-state index in [4.69, 9.17) is 0 Å². The fourth-order valence-corrected chi connectivity index (χ4v) is 3.07. The highest BCUT2D eigenvalue weighted by molar-refractivity contribution is 8.13. The van der Waals surface area contributed by atoms with Gasteiger partial charge in [-0.25, -0.2) is 4.99 Å². The van der Waals surface area contributed by atoms with Crippen molar-refractivity contribution in [1.29, 1.82) is 0 Å². The average molecular weight is 387 g/mol. The third-order valence-electron chi connectivity index (χ3n) is 4.00. The summed E-state index contributed by atoms with van der Waals surface area (Å²) < 4.78 is 0. The second-order valence-electron chi connectivity index (χ2n) is 6.71. The molecule has 1 aromatic rings. The van der Waals surface area contributed by atoms with Gasteiger partial charge in [0.2, 0.25) is 0 Å². The van der Waals surface area contributed by atoms with Gasteiger partial charge in [-0.15, -0.1) is 18.3 Å². The molecule has 1 aromatic carbocycles. The van der Waals surface area contributed by atoms with Gasteiger partial charge in [0.05, 0.1) is 17.3 Å². The maximum atomic E-state index is 11.2. The molecule has 0 saturated carbocycles. The first-order valence-electron chi connectivity index (χ1n) is 8.89. The first-order valence-corrected chi connectivity index (χ1v) is 10.1. The van der Waals surface area contributed by atoms with Crippen molar-refractivity contribution in [1.82, 2.24) is 4.90 Å². The average Bonchev–Trinajstić information content (AvgIpc) is 2.60. The summed E-state index contributed by atoms with van der Waals surface area (Å²) in [5.41, 5.74) is 3.84. The van der Waals surface area contributed by atoms with E-state index in [1.165, 1.54) is 17.3 Å². The lowest BCUT2D eigenvalue weighted by molar-refractivity contribution is -0.138. The number of benzene rings is 1. The number of hydrogen-bond acceptors (Lipinski definition) is 4. The quantitative estimate of drug-likeness (QED) is 0.328. The third-order valence-corrected chi connectivity index (χ3v) is 4.70. The topological polar surface area (TPSA) is 52.9 Å². The molecule has 0 aliphatic carbocycles. The van der Waals surface area contributed by atoms with Gasteiger partial charge in [-0.1, -0.05) is 62.9 Å². The Balaban J connectivity index is 2.90. The molecular formula is C22H30N2O2S. The number of carboxylic acids is 1. The number of carbonyl (C=O) groups is 1. The highest BCUT2D eigenvalue weighted by Gasteiger charge is 2.14. The number of aliphatic imine (C=N–C) groups is 1. The lowest BCUT2D eigenvalue weighted by Gasteiger charge is -2.21. The molecule has 0 aliphatic rings. The summed E-state index contributed by atoms with van der Waals surface area (Å²) in [6, 6.07) is 8.24. The minimum absolute atomic E-state index is 0.0642. The maximum Gasteiger partial charge on any atom is 0.317 e. The molecule has 0 atom stereocenters. The van der Waals surface area contributed by atoms with Crippen LogP contribution in [0.3, 0.4) is 0 Å². The fraction of sp³-hybridized carbons (Fsp3) is 0.364. The zero-order valence-corrected chi connectivity index (χ0v) is 17.4. The van der Waals surface area contributed by atoms with Crippen LogP contribution in [0.4, 0.5) is 0 Å². The predicted molar refractivity (Wildman–Crippen MR) is 119 cm³/mol. The molecule has 0 saturated heterocycles. The maximum absolute atomic E-state index is 11.2. The first kappa shape index (κ1) is 22.9. The second kappa shape index (κ2) is 11.6. The van der Waals surface area contributed by atoms with Crippen molar-refractivity contribution in [2.45, 2.75) is 26.2 Å². The third kappa shape index (κ3) is 8.41. The van der Waals surface area contributed by atoms with Crippen LogP contribution in [0.15, 0.2) is 60.6 Å². The summed E-state index contributed by atoms with van der Waals surface area (Å²) in [7, 11) is 0. The molecule has 0 bridgehead atoms. The van der Waals surface area contributed by atoms with E-state index in [0.717, 1.165) is 16.2 Å². The number of carboxylic acid groups (broad SMARTS) is 1. The lowest BCUT2D eigenvalue weighted by atomic mass is 10.0. The van der Waals surface area contributed by atoms with E-state index < -0.39 is 5.97 Å². The Kier molecular flexibility index (Phi) is 9.83. The monoisotopic (exact) mass is 386 g/mol. The van der Waals surface area contributed by atoms with Crippen LogP contribution in [0.1, 0.15) is 37.3 Å². The molecule has 0 spiro atoms. The number of rotatable bonds is 11. The number of hydrogen-bond donors (Lipinski definition) is 1. The van der Waals surface area contributed by atoms with Crippen molar-refractivity contribution in [2.75, 3.05) is 25.9 Å². The molecule has 1 rings (SSSR count). The van der Waals surface area contributed by atoms with E-state index >= 15 is 0 Å². The van der Waals surface area contributed by atoms with Crippen molar-refractivity contribution >= 4 is 28.5 Å². The zero-order valence-electron chi connectivity index (χ0n) is 16.6. The SMILES string of the molecule is C=CCC(=C)CN(CC(=O)O)CC(=NC(=C)c1ccc(C(C)C)cc1)SC. The van der Waals surface area contributed by atoms with E-state index in [0.29, 0.717) is 31.1 Å². The molecule has 0 aliphatic heterocycles. The highest BCUT2D eigenvalue weighted by atomic mass is 32.2. The summed E-state index contributed by atoms with van der Waals surface area (Å²) in [6.07, 6.45) is 4.37. The van der Waals surface area contributed by atoms with Gasteiger partial charge in [-0.3, -0.25) is 9.69 Å².